The molecule has 0 aliphatic carbocycles. The Labute approximate surface area is 234 Å². The number of thiophene rings is 1. The maximum atomic E-state index is 9.57. The number of hydrogen-bond donors (Lipinski definition) is 2. The number of hydrogen-bond acceptors (Lipinski definition) is 3. The van der Waals surface area contributed by atoms with Gasteiger partial charge in [0.2, 0.25) is 0 Å². The van der Waals surface area contributed by atoms with Gasteiger partial charge < -0.3 is 35.0 Å². The molecular formula is C28H38Cl2O2STi-2. The average molecular weight is 557 g/mol. The van der Waals surface area contributed by atoms with Gasteiger partial charge in [0.15, 0.2) is 0 Å². The molecule has 34 heavy (non-hydrogen) atoms. The molecule has 0 amide bonds. The number of benzene rings is 2. The number of rotatable bonds is 1. The maximum absolute atomic E-state index is 9.57. The van der Waals surface area contributed by atoms with Crippen LogP contribution in [0.3, 0.4) is 0 Å². The van der Waals surface area contributed by atoms with Gasteiger partial charge in [0.05, 0.1) is 0 Å². The Morgan fingerprint density at radius 1 is 0.706 bits per heavy atom. The van der Waals surface area contributed by atoms with Crippen LogP contribution in [0.4, 0.5) is 0 Å². The van der Waals surface area contributed by atoms with E-state index in [0.717, 1.165) is 11.1 Å². The number of aryl methyl sites for hydroxylation is 3. The average Bonchev–Trinajstić information content (AvgIpc) is 3.10. The van der Waals surface area contributed by atoms with Crippen molar-refractivity contribution in [2.45, 2.75) is 73.1 Å². The summed E-state index contributed by atoms with van der Waals surface area (Å²) in [6.45, 7) is 18.8. The van der Waals surface area contributed by atoms with E-state index in [1.807, 2.05) is 38.1 Å². The molecule has 0 atom stereocenters. The quantitative estimate of drug-likeness (QED) is 0.448. The maximum Gasteiger partial charge on any atom is -1.00 e. The van der Waals surface area contributed by atoms with Crippen molar-refractivity contribution >= 4 is 15.7 Å². The molecule has 0 saturated carbocycles. The number of phenolic OH excluding ortho intramolecular Hbond substituents is 2. The zero-order valence-corrected chi connectivity index (χ0v) is 25.6. The molecule has 2 nitrogen and oxygen atoms in total. The molecule has 188 valence electrons. The summed E-state index contributed by atoms with van der Waals surface area (Å²) in [4.78, 5) is 1.39. The molecule has 0 aliphatic heterocycles. The first kappa shape index (κ1) is 35.1. The van der Waals surface area contributed by atoms with E-state index in [-0.39, 0.29) is 35.6 Å². The van der Waals surface area contributed by atoms with Crippen LogP contribution >= 0.6 is 11.3 Å². The Bertz CT molecular complexity index is 970. The van der Waals surface area contributed by atoms with E-state index < -0.39 is 0 Å². The first-order chi connectivity index (χ1) is 14.7. The first-order valence-corrected chi connectivity index (χ1v) is 12.6. The predicted octanol–water partition coefficient (Wildman–Crippen LogP) is 1.76. The standard InChI is InChI=1S/2C11H16O.C6H6S.2ClH.Ti/c2*1-8-5-6-10(12)9(7-8)11(2,3)4;1-5-3-4-7-6(5)2;;;/h2*5-7,12H,1-4H3;2-4H,1H3;2*1H;/p-2. The van der Waals surface area contributed by atoms with Crippen LogP contribution in [0, 0.1) is 20.8 Å². The van der Waals surface area contributed by atoms with Gasteiger partial charge in [0, 0.05) is 0 Å². The number of halogens is 2. The molecule has 0 fully saturated rings. The smallest absolute Gasteiger partial charge is 1.00 e. The molecular weight excluding hydrogens is 519 g/mol. The fourth-order valence-electron chi connectivity index (χ4n) is 3.03. The third kappa shape index (κ3) is 11.6. The molecule has 3 aromatic rings. The van der Waals surface area contributed by atoms with Crippen LogP contribution in [-0.4, -0.2) is 14.5 Å². The van der Waals surface area contributed by atoms with E-state index in [4.69, 9.17) is 0 Å². The van der Waals surface area contributed by atoms with Crippen molar-refractivity contribution in [1.29, 1.82) is 0 Å². The zero-order chi connectivity index (χ0) is 24.7. The fourth-order valence-corrected chi connectivity index (χ4v) is 4.45. The molecule has 0 saturated heterocycles. The van der Waals surface area contributed by atoms with Crippen molar-refractivity contribution in [1.82, 2.24) is 0 Å². The van der Waals surface area contributed by atoms with Gasteiger partial charge in [-0.05, 0) is 47.9 Å². The number of aromatic hydroxyl groups is 2. The molecule has 0 radical (unpaired) electrons. The van der Waals surface area contributed by atoms with E-state index in [0.29, 0.717) is 11.5 Å². The van der Waals surface area contributed by atoms with Crippen LogP contribution in [0.1, 0.15) is 74.2 Å². The molecule has 2 N–H and O–H groups in total. The molecule has 0 spiro atoms. The van der Waals surface area contributed by atoms with Gasteiger partial charge in [0.25, 0.3) is 0 Å². The van der Waals surface area contributed by atoms with E-state index >= 15 is 0 Å². The van der Waals surface area contributed by atoms with Gasteiger partial charge in [-0.3, -0.25) is 0 Å². The summed E-state index contributed by atoms with van der Waals surface area (Å²) in [6.07, 6.45) is 0. The van der Waals surface area contributed by atoms with E-state index in [9.17, 15) is 10.2 Å². The van der Waals surface area contributed by atoms with Crippen LogP contribution in [0.2, 0.25) is 0 Å². The van der Waals surface area contributed by atoms with Crippen LogP contribution in [-0.2, 0) is 30.8 Å². The summed E-state index contributed by atoms with van der Waals surface area (Å²) in [5.41, 5.74) is 5.85. The monoisotopic (exact) mass is 556 g/mol. The van der Waals surface area contributed by atoms with Gasteiger partial charge in [0.1, 0.15) is 11.5 Å². The van der Waals surface area contributed by atoms with Crippen molar-refractivity contribution in [2.75, 3.05) is 0 Å². The summed E-state index contributed by atoms with van der Waals surface area (Å²) in [7, 11) is 0. The molecule has 6 heteroatoms. The minimum atomic E-state index is 0. The molecule has 0 unspecified atom stereocenters. The Kier molecular flexibility index (Phi) is 15.6. The van der Waals surface area contributed by atoms with Crippen molar-refractivity contribution in [3.63, 3.8) is 0 Å². The van der Waals surface area contributed by atoms with Crippen molar-refractivity contribution in [3.05, 3.63) is 80.5 Å². The van der Waals surface area contributed by atoms with Crippen molar-refractivity contribution < 1.29 is 55.0 Å². The minimum absolute atomic E-state index is 0. The van der Waals surface area contributed by atoms with Gasteiger partial charge >= 0.3 is 64.4 Å². The second kappa shape index (κ2) is 15.1. The van der Waals surface area contributed by atoms with E-state index in [1.165, 1.54) is 21.6 Å². The second-order valence-corrected chi connectivity index (χ2v) is 11.6. The molecule has 3 rings (SSSR count). The Hall–Kier alpha value is -1.10. The Morgan fingerprint density at radius 2 is 1.09 bits per heavy atom. The summed E-state index contributed by atoms with van der Waals surface area (Å²) in [5, 5.41) is 21.3. The van der Waals surface area contributed by atoms with Gasteiger partial charge in [-0.1, -0.05) is 76.9 Å². The van der Waals surface area contributed by atoms with E-state index in [1.54, 1.807) is 23.5 Å². The van der Waals surface area contributed by atoms with Crippen LogP contribution in [0.15, 0.2) is 47.8 Å². The second-order valence-electron chi connectivity index (χ2n) is 10.2. The Balaban J connectivity index is 0. The topological polar surface area (TPSA) is 40.5 Å². The molecule has 1 heterocycles. The summed E-state index contributed by atoms with van der Waals surface area (Å²) >= 11 is 3.86. The first-order valence-electron chi connectivity index (χ1n) is 10.8. The Morgan fingerprint density at radius 3 is 1.29 bits per heavy atom. The third-order valence-electron chi connectivity index (χ3n) is 4.95. The van der Waals surface area contributed by atoms with Crippen LogP contribution < -0.4 is 24.8 Å². The molecule has 1 aromatic heterocycles. The normalized spacial score (nSPS) is 10.4. The molecule has 0 bridgehead atoms. The SMILES string of the molecule is Cc1ccc(O)c(C(C)(C)C)c1.Cc1ccc(O)c(C(C)(C)C)c1.Cc1ccsc1[CH]=[Ti].[Cl-].[Cl-]. The fraction of sp³-hybridized carbons (Fsp3) is 0.393. The molecule has 0 aliphatic rings. The zero-order valence-electron chi connectivity index (χ0n) is 21.8. The van der Waals surface area contributed by atoms with E-state index in [2.05, 4.69) is 84.2 Å². The van der Waals surface area contributed by atoms with Gasteiger partial charge in [-0.2, -0.15) is 0 Å². The van der Waals surface area contributed by atoms with Crippen molar-refractivity contribution in [3.8, 4) is 11.5 Å². The predicted molar refractivity (Wildman–Crippen MR) is 137 cm³/mol. The van der Waals surface area contributed by atoms with Crippen LogP contribution in [0.5, 0.6) is 11.5 Å². The molecule has 2 aromatic carbocycles. The van der Waals surface area contributed by atoms with Gasteiger partial charge in [-0.25, -0.2) is 0 Å². The summed E-state index contributed by atoms with van der Waals surface area (Å²) in [5.74, 6) is 0.793. The summed E-state index contributed by atoms with van der Waals surface area (Å²) in [6, 6.07) is 13.6. The van der Waals surface area contributed by atoms with Gasteiger partial charge in [-0.15, -0.1) is 0 Å². The largest absolute Gasteiger partial charge is 1.00 e. The number of phenols is 2. The van der Waals surface area contributed by atoms with Crippen LogP contribution in [0.25, 0.3) is 0 Å². The van der Waals surface area contributed by atoms with Crippen molar-refractivity contribution in [2.24, 2.45) is 0 Å². The third-order valence-corrected chi connectivity index (χ3v) is 6.70. The minimum Gasteiger partial charge on any atom is -1.00 e. The summed E-state index contributed by atoms with van der Waals surface area (Å²) < 4.78 is 2.14.